The van der Waals surface area contributed by atoms with Crippen molar-refractivity contribution in [1.29, 1.82) is 0 Å². The van der Waals surface area contributed by atoms with Gasteiger partial charge in [-0.3, -0.25) is 10.1 Å². The molecular formula is C10H15N3O. The Kier molecular flexibility index (Phi) is 2.81. The first kappa shape index (κ1) is 9.24. The van der Waals surface area contributed by atoms with Gasteiger partial charge in [-0.25, -0.2) is 0 Å². The number of hydrogen-bond acceptors (Lipinski definition) is 3. The highest BCUT2D eigenvalue weighted by Gasteiger charge is 2.19. The minimum atomic E-state index is 0.645. The molecule has 0 saturated heterocycles. The van der Waals surface area contributed by atoms with E-state index in [2.05, 4.69) is 15.2 Å². The normalized spacial score (nSPS) is 21.1. The first-order valence-electron chi connectivity index (χ1n) is 4.92. The summed E-state index contributed by atoms with van der Waals surface area (Å²) in [7, 11) is 1.62. The maximum Gasteiger partial charge on any atom is 0.168 e. The fourth-order valence-electron chi connectivity index (χ4n) is 1.91. The molecule has 1 aliphatic rings. The number of H-pyrrole nitrogens is 1. The van der Waals surface area contributed by atoms with Crippen LogP contribution in [0.4, 0.5) is 0 Å². The molecule has 0 radical (unpaired) electrons. The van der Waals surface area contributed by atoms with Gasteiger partial charge in [0.2, 0.25) is 0 Å². The van der Waals surface area contributed by atoms with Crippen molar-refractivity contribution >= 4 is 6.40 Å². The van der Waals surface area contributed by atoms with Crippen molar-refractivity contribution in [2.75, 3.05) is 13.7 Å². The summed E-state index contributed by atoms with van der Waals surface area (Å²) >= 11 is 0. The first-order chi connectivity index (χ1) is 6.90. The van der Waals surface area contributed by atoms with E-state index in [0.29, 0.717) is 5.92 Å². The zero-order valence-corrected chi connectivity index (χ0v) is 8.36. The Balaban J connectivity index is 1.91. The van der Waals surface area contributed by atoms with Crippen LogP contribution in [0.3, 0.4) is 0 Å². The minimum Gasteiger partial charge on any atom is -0.487 e. The number of aryl methyl sites for hydroxylation is 1. The predicted molar refractivity (Wildman–Crippen MR) is 54.5 cm³/mol. The van der Waals surface area contributed by atoms with E-state index < -0.39 is 0 Å². The van der Waals surface area contributed by atoms with Gasteiger partial charge in [0.25, 0.3) is 0 Å². The number of methoxy groups -OCH3 is 1. The van der Waals surface area contributed by atoms with E-state index in [-0.39, 0.29) is 0 Å². The lowest BCUT2D eigenvalue weighted by Crippen LogP contribution is -2.16. The van der Waals surface area contributed by atoms with Crippen LogP contribution in [0.5, 0.6) is 0 Å². The zero-order chi connectivity index (χ0) is 9.80. The number of nitrogens with zero attached hydrogens (tertiary/aromatic N) is 2. The van der Waals surface area contributed by atoms with E-state index in [0.717, 1.165) is 19.4 Å². The monoisotopic (exact) mass is 193 g/mol. The van der Waals surface area contributed by atoms with E-state index in [1.807, 2.05) is 6.20 Å². The Morgan fingerprint density at radius 3 is 3.57 bits per heavy atom. The molecule has 4 nitrogen and oxygen atoms in total. The van der Waals surface area contributed by atoms with E-state index in [4.69, 9.17) is 4.74 Å². The largest absolute Gasteiger partial charge is 0.487 e. The lowest BCUT2D eigenvalue weighted by Gasteiger charge is -2.18. The number of nitrogens with one attached hydrogen (secondary N) is 1. The molecule has 0 saturated carbocycles. The van der Waals surface area contributed by atoms with Crippen LogP contribution in [0.2, 0.25) is 0 Å². The summed E-state index contributed by atoms with van der Waals surface area (Å²) in [5.41, 5.74) is 2.59. The molecule has 1 aromatic heterocycles. The summed E-state index contributed by atoms with van der Waals surface area (Å²) < 4.78 is 4.78. The maximum absolute atomic E-state index is 4.78. The minimum absolute atomic E-state index is 0.645. The molecule has 0 fully saturated rings. The summed E-state index contributed by atoms with van der Waals surface area (Å²) in [6.07, 6.45) is 6.87. The fraction of sp³-hybridized carbons (Fsp3) is 0.600. The van der Waals surface area contributed by atoms with E-state index in [1.165, 1.54) is 24.1 Å². The van der Waals surface area contributed by atoms with Crippen LogP contribution in [-0.4, -0.2) is 30.3 Å². The van der Waals surface area contributed by atoms with Gasteiger partial charge in [0.05, 0.1) is 12.8 Å². The molecule has 0 spiro atoms. The van der Waals surface area contributed by atoms with Gasteiger partial charge in [0.1, 0.15) is 0 Å². The summed E-state index contributed by atoms with van der Waals surface area (Å²) in [6.45, 7) is 0.860. The summed E-state index contributed by atoms with van der Waals surface area (Å²) in [5, 5.41) is 7.11. The molecule has 0 aromatic carbocycles. The van der Waals surface area contributed by atoms with Gasteiger partial charge >= 0.3 is 0 Å². The Hall–Kier alpha value is -1.32. The van der Waals surface area contributed by atoms with Gasteiger partial charge < -0.3 is 4.74 Å². The van der Waals surface area contributed by atoms with Crippen molar-refractivity contribution in [2.45, 2.75) is 19.3 Å². The van der Waals surface area contributed by atoms with E-state index in [1.54, 1.807) is 7.11 Å². The highest BCUT2D eigenvalue weighted by molar-refractivity contribution is 5.45. The molecular weight excluding hydrogens is 178 g/mol. The lowest BCUT2D eigenvalue weighted by molar-refractivity contribution is 0.412. The number of hydrogen-bond donors (Lipinski definition) is 1. The Morgan fingerprint density at radius 2 is 2.71 bits per heavy atom. The molecule has 1 atom stereocenters. The Labute approximate surface area is 83.4 Å². The van der Waals surface area contributed by atoms with Crippen molar-refractivity contribution in [3.8, 4) is 0 Å². The smallest absolute Gasteiger partial charge is 0.168 e. The molecule has 0 amide bonds. The molecule has 1 unspecified atom stereocenters. The second kappa shape index (κ2) is 4.26. The molecule has 76 valence electrons. The average molecular weight is 193 g/mol. The van der Waals surface area contributed by atoms with Crippen LogP contribution in [0, 0.1) is 5.92 Å². The molecule has 0 aliphatic heterocycles. The van der Waals surface area contributed by atoms with Crippen molar-refractivity contribution in [3.63, 3.8) is 0 Å². The van der Waals surface area contributed by atoms with Crippen LogP contribution in [0.25, 0.3) is 0 Å². The quantitative estimate of drug-likeness (QED) is 0.579. The molecule has 1 aliphatic carbocycles. The zero-order valence-electron chi connectivity index (χ0n) is 8.36. The number of aromatic amines is 1. The fourth-order valence-corrected chi connectivity index (χ4v) is 1.91. The highest BCUT2D eigenvalue weighted by Crippen LogP contribution is 2.23. The van der Waals surface area contributed by atoms with Gasteiger partial charge in [-0.05, 0) is 30.7 Å². The molecule has 14 heavy (non-hydrogen) atoms. The lowest BCUT2D eigenvalue weighted by atomic mass is 9.88. The number of aromatic nitrogens is 2. The SMILES string of the molecule is CO/C=N/CC1CCc2n[nH]cc2C1. The van der Waals surface area contributed by atoms with E-state index in [9.17, 15) is 0 Å². The van der Waals surface area contributed by atoms with Gasteiger partial charge in [-0.15, -0.1) is 0 Å². The van der Waals surface area contributed by atoms with Crippen LogP contribution < -0.4 is 0 Å². The average Bonchev–Trinajstić information content (AvgIpc) is 2.65. The van der Waals surface area contributed by atoms with E-state index >= 15 is 0 Å². The van der Waals surface area contributed by atoms with Gasteiger partial charge in [0.15, 0.2) is 6.40 Å². The second-order valence-electron chi connectivity index (χ2n) is 3.67. The first-order valence-corrected chi connectivity index (χ1v) is 4.92. The van der Waals surface area contributed by atoms with Crippen LogP contribution in [-0.2, 0) is 17.6 Å². The summed E-state index contributed by atoms with van der Waals surface area (Å²) in [4.78, 5) is 4.19. The van der Waals surface area contributed by atoms with Gasteiger partial charge in [-0.1, -0.05) is 0 Å². The van der Waals surface area contributed by atoms with Crippen molar-refractivity contribution in [3.05, 3.63) is 17.5 Å². The third kappa shape index (κ3) is 1.95. The predicted octanol–water partition coefficient (Wildman–Crippen LogP) is 1.19. The highest BCUT2D eigenvalue weighted by atomic mass is 16.5. The van der Waals surface area contributed by atoms with Crippen molar-refractivity contribution in [2.24, 2.45) is 10.9 Å². The number of rotatable bonds is 3. The van der Waals surface area contributed by atoms with Gasteiger partial charge in [0, 0.05) is 12.7 Å². The molecule has 4 heteroatoms. The molecule has 1 heterocycles. The maximum atomic E-state index is 4.78. The third-order valence-corrected chi connectivity index (χ3v) is 2.65. The number of ether oxygens (including phenoxy) is 1. The molecule has 1 N–H and O–H groups in total. The van der Waals surface area contributed by atoms with Crippen molar-refractivity contribution in [1.82, 2.24) is 10.2 Å². The topological polar surface area (TPSA) is 50.3 Å². The Morgan fingerprint density at radius 1 is 1.79 bits per heavy atom. The van der Waals surface area contributed by atoms with Crippen molar-refractivity contribution < 1.29 is 4.74 Å². The molecule has 0 bridgehead atoms. The standard InChI is InChI=1S/C10H15N3O/c1-14-7-11-5-8-2-3-10-9(4-8)6-12-13-10/h6-8H,2-5H2,1H3,(H,12,13)/b11-7+. The van der Waals surface area contributed by atoms with Crippen LogP contribution >= 0.6 is 0 Å². The Bertz CT molecular complexity index is 319. The van der Waals surface area contributed by atoms with Gasteiger partial charge in [-0.2, -0.15) is 5.10 Å². The van der Waals surface area contributed by atoms with Crippen LogP contribution in [0.1, 0.15) is 17.7 Å². The molecule has 2 rings (SSSR count). The number of aliphatic imine (C=N–C) groups is 1. The van der Waals surface area contributed by atoms with Crippen LogP contribution in [0.15, 0.2) is 11.2 Å². The summed E-state index contributed by atoms with van der Waals surface area (Å²) in [6, 6.07) is 0. The third-order valence-electron chi connectivity index (χ3n) is 2.65. The summed E-state index contributed by atoms with van der Waals surface area (Å²) in [5.74, 6) is 0.645. The number of fused-ring (bicyclic) bond motifs is 1. The molecule has 1 aromatic rings. The second-order valence-corrected chi connectivity index (χ2v) is 3.67.